The number of ether oxygens (including phenoxy) is 4. The van der Waals surface area contributed by atoms with Crippen LogP contribution in [0.5, 0.6) is 5.75 Å². The molecule has 67 heavy (non-hydrogen) atoms. The molecular formula is C50H71N9O8. The van der Waals surface area contributed by atoms with Crippen LogP contribution in [0.15, 0.2) is 85.3 Å². The fourth-order valence-corrected chi connectivity index (χ4v) is 8.10. The molecule has 2 aliphatic rings. The van der Waals surface area contributed by atoms with Gasteiger partial charge in [0.1, 0.15) is 12.4 Å². The molecule has 17 nitrogen and oxygen atoms in total. The highest BCUT2D eigenvalue weighted by atomic mass is 16.5. The van der Waals surface area contributed by atoms with Crippen molar-refractivity contribution in [3.8, 4) is 5.75 Å². The van der Waals surface area contributed by atoms with E-state index in [1.165, 1.54) is 5.56 Å². The predicted octanol–water partition coefficient (Wildman–Crippen LogP) is 2.74. The lowest BCUT2D eigenvalue weighted by Gasteiger charge is -2.38. The Labute approximate surface area is 394 Å². The summed E-state index contributed by atoms with van der Waals surface area (Å²) in [6.45, 7) is 9.35. The summed E-state index contributed by atoms with van der Waals surface area (Å²) >= 11 is 0. The number of piperidine rings is 2. The zero-order valence-electron chi connectivity index (χ0n) is 38.8. The third-order valence-corrected chi connectivity index (χ3v) is 12.0. The lowest BCUT2D eigenvalue weighted by atomic mass is 9.97. The molecule has 2 fully saturated rings. The molecule has 3 amide bonds. The number of nitrogens with two attached hydrogens (primary N) is 2. The van der Waals surface area contributed by atoms with Crippen molar-refractivity contribution in [1.82, 2.24) is 35.3 Å². The number of rotatable bonds is 28. The maximum absolute atomic E-state index is 12.8. The largest absolute Gasteiger partial charge is 0.491 e. The summed E-state index contributed by atoms with van der Waals surface area (Å²) in [5.74, 6) is 0.195. The average molecular weight is 926 g/mol. The van der Waals surface area contributed by atoms with Crippen LogP contribution in [0, 0.1) is 0 Å². The Kier molecular flexibility index (Phi) is 21.5. The Hall–Kier alpha value is -5.24. The molecule has 17 heteroatoms. The molecule has 3 heterocycles. The van der Waals surface area contributed by atoms with Crippen molar-refractivity contribution < 1.29 is 38.4 Å². The number of likely N-dealkylation sites (tertiary alicyclic amines) is 2. The van der Waals surface area contributed by atoms with Crippen molar-refractivity contribution in [1.29, 1.82) is 0 Å². The Bertz CT molecular complexity index is 2060. The van der Waals surface area contributed by atoms with Crippen LogP contribution in [-0.2, 0) is 40.3 Å². The number of nitrogens with zero attached hydrogens (tertiary/aromatic N) is 4. The van der Waals surface area contributed by atoms with Crippen molar-refractivity contribution in [2.24, 2.45) is 11.5 Å². The molecule has 0 saturated carbocycles. The number of aryl methyl sites for hydroxylation is 1. The van der Waals surface area contributed by atoms with Gasteiger partial charge in [-0.25, -0.2) is 4.98 Å². The Morgan fingerprint density at radius 2 is 1.21 bits per heavy atom. The second-order valence-electron chi connectivity index (χ2n) is 17.3. The van der Waals surface area contributed by atoms with Crippen LogP contribution in [0.1, 0.15) is 80.0 Å². The summed E-state index contributed by atoms with van der Waals surface area (Å²) in [7, 11) is 0. The quantitative estimate of drug-likeness (QED) is 0.0452. The number of aliphatic hydroxyl groups is 1. The SMILES string of the molecule is NC1CCN(Cc2ccc(C(=O)NCCOCCOCCNC(=O)c3ccc(OCCOCC4CC(N)CCN4Cc4ccc(C(=O)NCCc5cn(CCCO)cn5)cc4)cc3)cc2)CC1. The minimum Gasteiger partial charge on any atom is -0.491 e. The van der Waals surface area contributed by atoms with Crippen molar-refractivity contribution in [3.63, 3.8) is 0 Å². The van der Waals surface area contributed by atoms with E-state index in [1.807, 2.05) is 59.3 Å². The van der Waals surface area contributed by atoms with Gasteiger partial charge in [-0.05, 0) is 105 Å². The van der Waals surface area contributed by atoms with Gasteiger partial charge in [0.15, 0.2) is 0 Å². The second kappa shape index (κ2) is 28.2. The fraction of sp³-hybridized carbons (Fsp3) is 0.520. The molecule has 6 rings (SSSR count). The number of benzene rings is 3. The normalized spacial score (nSPS) is 17.0. The molecule has 0 aliphatic carbocycles. The number of hydrogen-bond acceptors (Lipinski definition) is 13. The molecule has 3 aromatic carbocycles. The van der Waals surface area contributed by atoms with E-state index in [0.717, 1.165) is 76.2 Å². The second-order valence-corrected chi connectivity index (χ2v) is 17.3. The summed E-state index contributed by atoms with van der Waals surface area (Å²) in [4.78, 5) is 47.1. The van der Waals surface area contributed by atoms with Crippen LogP contribution in [-0.4, -0.2) is 152 Å². The van der Waals surface area contributed by atoms with Gasteiger partial charge in [0.25, 0.3) is 17.7 Å². The van der Waals surface area contributed by atoms with Crippen molar-refractivity contribution >= 4 is 17.7 Å². The van der Waals surface area contributed by atoms with Gasteiger partial charge >= 0.3 is 0 Å². The first-order valence-corrected chi connectivity index (χ1v) is 23.8. The first kappa shape index (κ1) is 51.2. The topological polar surface area (TPSA) is 221 Å². The average Bonchev–Trinajstić information content (AvgIpc) is 3.80. The third kappa shape index (κ3) is 18.1. The minimum absolute atomic E-state index is 0.119. The van der Waals surface area contributed by atoms with Gasteiger partial charge in [0, 0.05) is 99.9 Å². The molecule has 2 saturated heterocycles. The zero-order valence-corrected chi connectivity index (χ0v) is 38.8. The van der Waals surface area contributed by atoms with Crippen LogP contribution in [0.4, 0.5) is 0 Å². The number of aromatic nitrogens is 2. The molecule has 1 aromatic heterocycles. The van der Waals surface area contributed by atoms with E-state index in [1.54, 1.807) is 30.6 Å². The van der Waals surface area contributed by atoms with Gasteiger partial charge in [0.2, 0.25) is 0 Å². The van der Waals surface area contributed by atoms with E-state index >= 15 is 0 Å². The molecule has 2 unspecified atom stereocenters. The molecule has 2 atom stereocenters. The van der Waals surface area contributed by atoms with Gasteiger partial charge in [-0.15, -0.1) is 0 Å². The van der Waals surface area contributed by atoms with Crippen LogP contribution < -0.4 is 32.2 Å². The van der Waals surface area contributed by atoms with Gasteiger partial charge in [-0.2, -0.15) is 0 Å². The number of carbonyl (C=O) groups is 3. The van der Waals surface area contributed by atoms with E-state index in [2.05, 4.69) is 30.7 Å². The Balaban J connectivity index is 0.770. The first-order chi connectivity index (χ1) is 32.7. The molecule has 0 radical (unpaired) electrons. The zero-order chi connectivity index (χ0) is 47.1. The number of amides is 3. The maximum Gasteiger partial charge on any atom is 0.251 e. The van der Waals surface area contributed by atoms with Gasteiger partial charge in [-0.1, -0.05) is 24.3 Å². The molecule has 0 spiro atoms. The van der Waals surface area contributed by atoms with Crippen LogP contribution >= 0.6 is 0 Å². The fourth-order valence-electron chi connectivity index (χ4n) is 8.10. The lowest BCUT2D eigenvalue weighted by Crippen LogP contribution is -2.48. The molecular weight excluding hydrogens is 855 g/mol. The van der Waals surface area contributed by atoms with E-state index in [9.17, 15) is 14.4 Å². The van der Waals surface area contributed by atoms with E-state index < -0.39 is 0 Å². The van der Waals surface area contributed by atoms with E-state index in [4.69, 9.17) is 35.5 Å². The number of aliphatic hydroxyl groups excluding tert-OH is 1. The monoisotopic (exact) mass is 926 g/mol. The summed E-state index contributed by atoms with van der Waals surface area (Å²) in [6.07, 6.45) is 8.81. The molecule has 8 N–H and O–H groups in total. The highest BCUT2D eigenvalue weighted by Gasteiger charge is 2.27. The van der Waals surface area contributed by atoms with Gasteiger partial charge < -0.3 is 56.0 Å². The van der Waals surface area contributed by atoms with Gasteiger partial charge in [0.05, 0.1) is 51.7 Å². The highest BCUT2D eigenvalue weighted by molar-refractivity contribution is 5.95. The Morgan fingerprint density at radius 3 is 1.82 bits per heavy atom. The van der Waals surface area contributed by atoms with Crippen LogP contribution in [0.25, 0.3) is 0 Å². The predicted molar refractivity (Wildman–Crippen MR) is 256 cm³/mol. The van der Waals surface area contributed by atoms with Crippen LogP contribution in [0.2, 0.25) is 0 Å². The molecule has 2 aliphatic heterocycles. The number of imidazole rings is 1. The standard InChI is InChI=1S/C50H71N9O8/c51-43-15-22-57(23-16-43)33-38-2-6-41(7-3-38)49(62)54-19-26-64-28-29-65-27-20-55-50(63)42-10-12-47(13-11-42)67-31-30-66-36-46-32-44(52)17-24-59(46)34-39-4-8-40(9-5-39)48(61)53-18-14-45-35-58(37-56-45)21-1-25-60/h2-13,35,37,43-44,46,60H,1,14-34,36,51-52H2,(H,53,61)(H,54,62)(H,55,63). The summed E-state index contributed by atoms with van der Waals surface area (Å²) in [6, 6.07) is 23.0. The summed E-state index contributed by atoms with van der Waals surface area (Å²) < 4.78 is 25.1. The number of carbonyl (C=O) groups excluding carboxylic acids is 3. The van der Waals surface area contributed by atoms with Crippen molar-refractivity contribution in [2.75, 3.05) is 92.1 Å². The molecule has 364 valence electrons. The number of nitrogens with one attached hydrogen (secondary N) is 3. The maximum atomic E-state index is 12.8. The van der Waals surface area contributed by atoms with Gasteiger partial charge in [-0.3, -0.25) is 24.2 Å². The smallest absolute Gasteiger partial charge is 0.251 e. The molecule has 0 bridgehead atoms. The van der Waals surface area contributed by atoms with E-state index in [0.29, 0.717) is 107 Å². The first-order valence-electron chi connectivity index (χ1n) is 23.8. The summed E-state index contributed by atoms with van der Waals surface area (Å²) in [5, 5.41) is 17.7. The minimum atomic E-state index is -0.202. The van der Waals surface area contributed by atoms with Crippen LogP contribution in [0.3, 0.4) is 0 Å². The van der Waals surface area contributed by atoms with E-state index in [-0.39, 0.29) is 36.4 Å². The lowest BCUT2D eigenvalue weighted by molar-refractivity contribution is 0.0212. The third-order valence-electron chi connectivity index (χ3n) is 12.0. The van der Waals surface area contributed by atoms with Crippen molar-refractivity contribution in [2.45, 2.75) is 76.3 Å². The Morgan fingerprint density at radius 1 is 0.657 bits per heavy atom. The molecule has 4 aromatic rings. The summed E-state index contributed by atoms with van der Waals surface area (Å²) in [5.41, 5.74) is 17.3. The highest BCUT2D eigenvalue weighted by Crippen LogP contribution is 2.21. The van der Waals surface area contributed by atoms with Crippen molar-refractivity contribution in [3.05, 3.63) is 119 Å². The number of hydrogen-bond donors (Lipinski definition) is 6.